The van der Waals surface area contributed by atoms with E-state index in [1.165, 1.54) is 92.7 Å². The van der Waals surface area contributed by atoms with Gasteiger partial charge < -0.3 is 61.8 Å². The first-order valence-electron chi connectivity index (χ1n) is 41.3. The summed E-state index contributed by atoms with van der Waals surface area (Å²) in [4.78, 5) is 84.2. The number of aliphatic carboxylic acids is 1. The number of piperidine rings is 3. The standard InChI is InChI=1S/C33H35F4N3O3.C27H33FN2O3.C25H29FN2O3.C8H8F3NO/c1-20-6-4-10-28(34)29(20)32(43)40-17-5-9-26(30(40)21-11-14-24(15-12-21)38-23-7-2-3-8-23)31(42)39-25-16-13-22(19-41)27(18-25)33(35,36)37;1-3-33-27(32)22-11-7-17-30(26(31)24-18(2)8-6-12-23(24)28)25(22)19-13-15-21(16-14-19)29-20-9-4-5-10-20;1-16-6-4-10-21(26)22(16)24(29)28-15-5-9-20(25(30)31)23(28)17-11-13-19(14-12-17)27-18-7-2-3-8-18;9-8(10,11)7-3-6(12)2-1-5(7)4-13/h4,6,10-16,18,23,26,30,38,41H,2-3,5,7-9,17,19H2,1H3,(H,39,42);6,8,12-16,20,22,25,29H,3-5,7,9-11,17H2,1-2H3;4,6,10-14,18,20,23,27H,2-3,5,7-9,15H2,1H3,(H,30,31);1-3,13H,4,12H2/t26-,30-;22-,25-;20-,23-;/m000./s1. The molecule has 9 N–H and O–H groups in total. The molecule has 3 saturated heterocycles. The van der Waals surface area contributed by atoms with Gasteiger partial charge in [0.05, 0.1) is 83.5 Å². The summed E-state index contributed by atoms with van der Waals surface area (Å²) in [6.07, 6.45) is 8.21. The van der Waals surface area contributed by atoms with Gasteiger partial charge in [-0.3, -0.25) is 28.8 Å². The Balaban J connectivity index is 0.000000166. The van der Waals surface area contributed by atoms with Crippen molar-refractivity contribution in [3.63, 3.8) is 0 Å². The normalized spacial score (nSPS) is 19.6. The van der Waals surface area contributed by atoms with E-state index in [0.717, 1.165) is 78.1 Å². The number of aliphatic hydroxyl groups is 2. The minimum Gasteiger partial charge on any atom is -0.481 e. The molecule has 0 radical (unpaired) electrons. The number of nitrogens with two attached hydrogens (primary N) is 1. The Morgan fingerprint density at radius 2 is 0.750 bits per heavy atom. The number of aryl methyl sites for hydroxylation is 3. The molecule has 6 aliphatic rings. The molecule has 3 saturated carbocycles. The van der Waals surface area contributed by atoms with Gasteiger partial charge in [-0.2, -0.15) is 26.3 Å². The van der Waals surface area contributed by atoms with Crippen LogP contribution in [0.3, 0.4) is 0 Å². The van der Waals surface area contributed by atoms with E-state index < -0.39 is 114 Å². The Kier molecular flexibility index (Phi) is 30.6. The third-order valence-corrected chi connectivity index (χ3v) is 23.6. The number of esters is 1. The number of aliphatic hydroxyl groups excluding tert-OH is 2. The third-order valence-electron chi connectivity index (χ3n) is 23.6. The summed E-state index contributed by atoms with van der Waals surface area (Å²) in [5.41, 5.74) is 9.69. The minimum atomic E-state index is -4.72. The summed E-state index contributed by atoms with van der Waals surface area (Å²) in [7, 11) is 0. The lowest BCUT2D eigenvalue weighted by molar-refractivity contribution is -0.152. The highest BCUT2D eigenvalue weighted by molar-refractivity contribution is 5.99. The molecule has 0 bridgehead atoms. The number of carbonyl (C=O) groups is 6. The zero-order chi connectivity index (χ0) is 86.1. The van der Waals surface area contributed by atoms with Crippen molar-refractivity contribution in [2.75, 3.05) is 53.2 Å². The van der Waals surface area contributed by atoms with E-state index in [9.17, 15) is 78.5 Å². The maximum absolute atomic E-state index is 14.9. The van der Waals surface area contributed by atoms with E-state index in [1.807, 2.05) is 72.8 Å². The van der Waals surface area contributed by atoms with Crippen LogP contribution in [-0.4, -0.2) is 110 Å². The number of carboxylic acids is 1. The van der Waals surface area contributed by atoms with E-state index in [2.05, 4.69) is 21.3 Å². The van der Waals surface area contributed by atoms with Crippen LogP contribution in [0.1, 0.15) is 227 Å². The van der Waals surface area contributed by atoms with Crippen LogP contribution in [0.25, 0.3) is 0 Å². The van der Waals surface area contributed by atoms with Crippen LogP contribution in [0, 0.1) is 56.0 Å². The number of nitrogens with one attached hydrogen (secondary N) is 4. The van der Waals surface area contributed by atoms with Crippen molar-refractivity contribution in [3.8, 4) is 0 Å². The van der Waals surface area contributed by atoms with E-state index >= 15 is 0 Å². The second-order valence-electron chi connectivity index (χ2n) is 31.8. The number of hydrogen-bond acceptors (Lipinski definition) is 13. The van der Waals surface area contributed by atoms with Crippen molar-refractivity contribution in [1.29, 1.82) is 0 Å². The highest BCUT2D eigenvalue weighted by Crippen LogP contribution is 2.44. The molecule has 18 nitrogen and oxygen atoms in total. The predicted octanol–water partition coefficient (Wildman–Crippen LogP) is 19.8. The van der Waals surface area contributed by atoms with Crippen molar-refractivity contribution < 1.29 is 88.3 Å². The highest BCUT2D eigenvalue weighted by atomic mass is 19.4. The maximum atomic E-state index is 14.9. The molecule has 4 amide bonds. The molecule has 640 valence electrons. The SMILES string of the molecule is CCOC(=O)[C@H]1CCCN(C(=O)c2c(C)cccc2F)[C@H]1c1ccc(NC2CCCC2)cc1.Cc1cccc(F)c1C(=O)N1CCC[C@H](C(=O)Nc2ccc(CO)c(C(F)(F)F)c2)[C@@H]1c1ccc(NC2CCCC2)cc1.Cc1cccc(F)c1C(=O)N1CCC[C@H](C(=O)O)[C@@H]1c1ccc(NC2CCCC2)cc1.Nc1ccc(CO)c(C(F)(F)F)c1. The first-order chi connectivity index (χ1) is 57.5. The fraction of sp³-hybridized carbons (Fsp3) is 0.419. The maximum Gasteiger partial charge on any atom is 0.416 e. The van der Waals surface area contributed by atoms with Gasteiger partial charge in [0.2, 0.25) is 5.91 Å². The molecule has 0 unspecified atom stereocenters. The number of carboxylic acid groups (broad SMARTS) is 1. The van der Waals surface area contributed by atoms with Gasteiger partial charge in [-0.05, 0) is 228 Å². The number of nitrogen functional groups attached to an aromatic ring is 1. The van der Waals surface area contributed by atoms with Crippen LogP contribution >= 0.6 is 0 Å². The van der Waals surface area contributed by atoms with E-state index in [1.54, 1.807) is 67.8 Å². The Morgan fingerprint density at radius 1 is 0.425 bits per heavy atom. The van der Waals surface area contributed by atoms with Gasteiger partial charge in [-0.15, -0.1) is 0 Å². The first kappa shape index (κ1) is 89.8. The van der Waals surface area contributed by atoms with Gasteiger partial charge in [-0.1, -0.05) is 123 Å². The number of likely N-dealkylation sites (tertiary alicyclic amines) is 3. The molecule has 6 fully saturated rings. The topological polar surface area (TPSA) is 256 Å². The Labute approximate surface area is 693 Å². The molecule has 6 atom stereocenters. The molecule has 8 aromatic rings. The molecular weight excluding hydrogens is 1560 g/mol. The Hall–Kier alpha value is -10.9. The number of benzene rings is 8. The first-order valence-corrected chi connectivity index (χ1v) is 41.3. The second-order valence-corrected chi connectivity index (χ2v) is 31.8. The highest BCUT2D eigenvalue weighted by Gasteiger charge is 2.45. The minimum absolute atomic E-state index is 0.0260. The molecule has 0 spiro atoms. The number of rotatable bonds is 19. The van der Waals surface area contributed by atoms with E-state index in [-0.39, 0.29) is 64.2 Å². The Bertz CT molecular complexity index is 4800. The average molecular weight is 1670 g/mol. The van der Waals surface area contributed by atoms with Crippen molar-refractivity contribution in [1.82, 2.24) is 14.7 Å². The summed E-state index contributed by atoms with van der Waals surface area (Å²) in [6.45, 7) is 6.87. The number of ether oxygens (including phenoxy) is 1. The van der Waals surface area contributed by atoms with Crippen LogP contribution < -0.4 is 27.0 Å². The second kappa shape index (κ2) is 40.9. The van der Waals surface area contributed by atoms with Gasteiger partial charge in [0.25, 0.3) is 17.7 Å². The predicted molar refractivity (Wildman–Crippen MR) is 442 cm³/mol. The molecule has 8 aromatic carbocycles. The zero-order valence-corrected chi connectivity index (χ0v) is 67.8. The molecule has 3 aliphatic carbocycles. The summed E-state index contributed by atoms with van der Waals surface area (Å²) < 4.78 is 127. The largest absolute Gasteiger partial charge is 0.481 e. The fourth-order valence-corrected chi connectivity index (χ4v) is 17.6. The molecule has 0 aromatic heterocycles. The number of nitrogens with zero attached hydrogens (tertiary/aromatic N) is 3. The summed E-state index contributed by atoms with van der Waals surface area (Å²) in [5, 5.41) is 41.1. The molecule has 3 aliphatic heterocycles. The zero-order valence-electron chi connectivity index (χ0n) is 67.8. The number of carbonyl (C=O) groups excluding carboxylic acids is 5. The van der Waals surface area contributed by atoms with Crippen molar-refractivity contribution >= 4 is 64.0 Å². The summed E-state index contributed by atoms with van der Waals surface area (Å²) in [6, 6.07) is 42.8. The molecular formula is C93H105F9N8O10. The summed E-state index contributed by atoms with van der Waals surface area (Å²) >= 11 is 0. The number of halogens is 9. The lowest BCUT2D eigenvalue weighted by atomic mass is 9.83. The van der Waals surface area contributed by atoms with Crippen molar-refractivity contribution in [2.45, 2.75) is 205 Å². The van der Waals surface area contributed by atoms with Gasteiger partial charge in [0.15, 0.2) is 0 Å². The summed E-state index contributed by atoms with van der Waals surface area (Å²) in [5.74, 6) is -6.94. The van der Waals surface area contributed by atoms with Crippen LogP contribution in [0.2, 0.25) is 0 Å². The quantitative estimate of drug-likeness (QED) is 0.0213. The average Bonchev–Trinajstić information content (AvgIpc) is 0.869. The third kappa shape index (κ3) is 22.2. The van der Waals surface area contributed by atoms with Crippen molar-refractivity contribution in [2.24, 2.45) is 17.8 Å². The molecule has 3 heterocycles. The van der Waals surface area contributed by atoms with Gasteiger partial charge in [-0.25, -0.2) is 13.2 Å². The van der Waals surface area contributed by atoms with E-state index in [4.69, 9.17) is 15.6 Å². The van der Waals surface area contributed by atoms with Crippen LogP contribution in [0.15, 0.2) is 164 Å². The van der Waals surface area contributed by atoms with Crippen LogP contribution in [0.4, 0.5) is 68.0 Å². The molecule has 27 heteroatoms. The smallest absolute Gasteiger partial charge is 0.416 e. The van der Waals surface area contributed by atoms with Crippen molar-refractivity contribution in [3.05, 3.63) is 254 Å². The van der Waals surface area contributed by atoms with Crippen LogP contribution in [0.5, 0.6) is 0 Å². The number of alkyl halides is 6. The lowest BCUT2D eigenvalue weighted by Gasteiger charge is -2.41. The molecule has 14 rings (SSSR count). The Morgan fingerprint density at radius 3 is 1.09 bits per heavy atom. The monoisotopic (exact) mass is 1660 g/mol. The van der Waals surface area contributed by atoms with Gasteiger partial charge in [0.1, 0.15) is 17.5 Å². The van der Waals surface area contributed by atoms with Crippen LogP contribution in [-0.2, 0) is 44.7 Å². The number of anilines is 5. The van der Waals surface area contributed by atoms with E-state index in [0.29, 0.717) is 92.0 Å². The fourth-order valence-electron chi connectivity index (χ4n) is 17.6. The van der Waals surface area contributed by atoms with Gasteiger partial charge in [0, 0.05) is 66.2 Å². The lowest BCUT2D eigenvalue weighted by Crippen LogP contribution is -2.46. The number of hydrogen-bond donors (Lipinski definition) is 8. The number of amides is 4. The molecule has 120 heavy (non-hydrogen) atoms. The van der Waals surface area contributed by atoms with Gasteiger partial charge >= 0.3 is 24.3 Å².